The Morgan fingerprint density at radius 2 is 1.79 bits per heavy atom. The Bertz CT molecular complexity index is 1260. The van der Waals surface area contributed by atoms with Crippen LogP contribution < -0.4 is 4.57 Å². The van der Waals surface area contributed by atoms with Gasteiger partial charge in [-0.2, -0.15) is 0 Å². The van der Waals surface area contributed by atoms with E-state index in [0.29, 0.717) is 0 Å². The van der Waals surface area contributed by atoms with Gasteiger partial charge in [-0.1, -0.05) is 50.6 Å². The van der Waals surface area contributed by atoms with Gasteiger partial charge in [-0.25, -0.2) is 4.57 Å². The molecule has 0 unspecified atom stereocenters. The second kappa shape index (κ2) is 6.58. The highest BCUT2D eigenvalue weighted by Crippen LogP contribution is 2.42. The van der Waals surface area contributed by atoms with E-state index in [1.165, 1.54) is 27.8 Å². The molecule has 0 bridgehead atoms. The molecule has 1 aliphatic rings. The van der Waals surface area contributed by atoms with E-state index in [2.05, 4.69) is 44.2 Å². The van der Waals surface area contributed by atoms with Crippen molar-refractivity contribution in [3.8, 4) is 22.4 Å². The Balaban J connectivity index is 1.98. The van der Waals surface area contributed by atoms with Crippen molar-refractivity contribution in [3.05, 3.63) is 76.0 Å². The molecule has 0 atom stereocenters. The van der Waals surface area contributed by atoms with Gasteiger partial charge in [-0.15, -0.1) is 0 Å². The maximum atomic E-state index is 8.87. The molecule has 0 N–H and O–H groups in total. The lowest BCUT2D eigenvalue weighted by atomic mass is 9.86. The van der Waals surface area contributed by atoms with E-state index in [-0.39, 0.29) is 11.1 Å². The van der Waals surface area contributed by atoms with Gasteiger partial charge >= 0.3 is 0 Å². The van der Waals surface area contributed by atoms with Crippen LogP contribution >= 0.6 is 0 Å². The lowest BCUT2D eigenvalue weighted by molar-refractivity contribution is -0.660. The number of aromatic nitrogens is 1. The van der Waals surface area contributed by atoms with Gasteiger partial charge in [0.05, 0.1) is 0 Å². The minimum Gasteiger partial charge on any atom is -0.201 e. The minimum atomic E-state index is -2.41. The van der Waals surface area contributed by atoms with Crippen LogP contribution in [0.5, 0.6) is 0 Å². The number of nitrogens with zero attached hydrogens (tertiary/aromatic N) is 1. The maximum Gasteiger partial charge on any atom is 0.212 e. The standard InChI is InChI=1S/C27H32N/c1-17-8-10-24-21(12-17)13-20-9-11-23(19(3)26(20)24)25-14-22(15-27(4,5)6)18(2)16-28(25)7/h8-12,14,16H,13,15H2,1-7H3/q+1/i2D3,15D2. The fourth-order valence-electron chi connectivity index (χ4n) is 4.31. The number of pyridine rings is 1. The summed E-state index contributed by atoms with van der Waals surface area (Å²) >= 11 is 0. The van der Waals surface area contributed by atoms with Crippen LogP contribution in [0.25, 0.3) is 22.4 Å². The Morgan fingerprint density at radius 3 is 2.50 bits per heavy atom. The highest BCUT2D eigenvalue weighted by Gasteiger charge is 2.25. The van der Waals surface area contributed by atoms with Crippen LogP contribution in [0, 0.1) is 26.1 Å². The Kier molecular flexibility index (Phi) is 3.22. The molecule has 144 valence electrons. The van der Waals surface area contributed by atoms with Gasteiger partial charge in [0.15, 0.2) is 6.20 Å². The second-order valence-electron chi connectivity index (χ2n) is 9.08. The maximum absolute atomic E-state index is 8.87. The number of rotatable bonds is 2. The van der Waals surface area contributed by atoms with E-state index >= 15 is 0 Å². The molecule has 0 fully saturated rings. The Hall–Kier alpha value is -2.41. The molecule has 0 aliphatic heterocycles. The van der Waals surface area contributed by atoms with Gasteiger partial charge in [0, 0.05) is 24.0 Å². The second-order valence-corrected chi connectivity index (χ2v) is 9.08. The molecule has 0 amide bonds. The van der Waals surface area contributed by atoms with E-state index < -0.39 is 18.6 Å². The fourth-order valence-corrected chi connectivity index (χ4v) is 4.31. The molecule has 1 aromatic heterocycles. The van der Waals surface area contributed by atoms with Crippen LogP contribution in [0.3, 0.4) is 0 Å². The van der Waals surface area contributed by atoms with Crippen molar-refractivity contribution in [3.63, 3.8) is 0 Å². The third-order valence-corrected chi connectivity index (χ3v) is 5.52. The quantitative estimate of drug-likeness (QED) is 0.364. The summed E-state index contributed by atoms with van der Waals surface area (Å²) in [6.07, 6.45) is 0.676. The average Bonchev–Trinajstić information content (AvgIpc) is 3.05. The first-order valence-electron chi connectivity index (χ1n) is 12.4. The van der Waals surface area contributed by atoms with E-state index in [9.17, 15) is 0 Å². The van der Waals surface area contributed by atoms with Gasteiger partial charge in [0.2, 0.25) is 5.69 Å². The van der Waals surface area contributed by atoms with Crippen LogP contribution in [0.1, 0.15) is 61.0 Å². The lowest BCUT2D eigenvalue weighted by Gasteiger charge is -2.20. The van der Waals surface area contributed by atoms with E-state index in [4.69, 9.17) is 6.85 Å². The third-order valence-electron chi connectivity index (χ3n) is 5.52. The molecule has 0 spiro atoms. The van der Waals surface area contributed by atoms with Gasteiger partial charge in [-0.05, 0) is 78.4 Å². The molecule has 2 aromatic carbocycles. The van der Waals surface area contributed by atoms with Gasteiger partial charge in [-0.3, -0.25) is 0 Å². The minimum absolute atomic E-state index is 0.0632. The first-order valence-corrected chi connectivity index (χ1v) is 9.90. The summed E-state index contributed by atoms with van der Waals surface area (Å²) < 4.78 is 43.8. The fraction of sp³-hybridized carbons (Fsp3) is 0.370. The van der Waals surface area contributed by atoms with Crippen molar-refractivity contribution in [2.45, 2.75) is 54.3 Å². The molecule has 0 saturated heterocycles. The predicted molar refractivity (Wildman–Crippen MR) is 119 cm³/mol. The van der Waals surface area contributed by atoms with E-state index in [0.717, 1.165) is 23.2 Å². The number of aryl methyl sites for hydroxylation is 3. The van der Waals surface area contributed by atoms with Crippen LogP contribution in [0.15, 0.2) is 42.6 Å². The normalized spacial score (nSPS) is 16.4. The van der Waals surface area contributed by atoms with Crippen molar-refractivity contribution in [2.75, 3.05) is 0 Å². The highest BCUT2D eigenvalue weighted by atomic mass is 14.9. The van der Waals surface area contributed by atoms with Crippen LogP contribution in [0.2, 0.25) is 0 Å². The topological polar surface area (TPSA) is 3.88 Å². The molecule has 1 aliphatic carbocycles. The van der Waals surface area contributed by atoms with Gasteiger partial charge in [0.25, 0.3) is 0 Å². The molecular weight excluding hydrogens is 338 g/mol. The van der Waals surface area contributed by atoms with Crippen LogP contribution in [-0.2, 0) is 19.8 Å². The largest absolute Gasteiger partial charge is 0.212 e. The van der Waals surface area contributed by atoms with Crippen molar-refractivity contribution in [1.82, 2.24) is 0 Å². The monoisotopic (exact) mass is 375 g/mol. The van der Waals surface area contributed by atoms with Gasteiger partial charge < -0.3 is 0 Å². The number of hydrogen-bond acceptors (Lipinski definition) is 0. The average molecular weight is 376 g/mol. The van der Waals surface area contributed by atoms with Gasteiger partial charge in [0.1, 0.15) is 7.05 Å². The van der Waals surface area contributed by atoms with Crippen LogP contribution in [0.4, 0.5) is 0 Å². The molecule has 3 aromatic rings. The Labute approximate surface area is 177 Å². The summed E-state index contributed by atoms with van der Waals surface area (Å²) in [6, 6.07) is 12.6. The number of benzene rings is 2. The summed E-state index contributed by atoms with van der Waals surface area (Å²) in [5.74, 6) is 0. The molecule has 0 radical (unpaired) electrons. The summed E-state index contributed by atoms with van der Waals surface area (Å²) in [6.45, 7) is 7.24. The SMILES string of the molecule is [2H]C([2H])([2H])c1c[n+](C)c(-c2ccc3c(c2C)-c2ccc(C)cc2C3)cc1C([2H])([2H])C(C)(C)C. The summed E-state index contributed by atoms with van der Waals surface area (Å²) in [5, 5.41) is 0. The lowest BCUT2D eigenvalue weighted by Crippen LogP contribution is -2.32. The van der Waals surface area contributed by atoms with Crippen LogP contribution in [-0.4, -0.2) is 0 Å². The summed E-state index contributed by atoms with van der Waals surface area (Å²) in [5.41, 5.74) is 8.83. The molecule has 4 rings (SSSR count). The highest BCUT2D eigenvalue weighted by molar-refractivity contribution is 5.84. The molecule has 1 nitrogen and oxygen atoms in total. The third kappa shape index (κ3) is 3.28. The first kappa shape index (κ1) is 13.7. The molecular formula is C27H32N+. The molecule has 1 heteroatoms. The molecule has 28 heavy (non-hydrogen) atoms. The first-order chi connectivity index (χ1) is 15.1. The van der Waals surface area contributed by atoms with E-state index in [1.807, 2.05) is 32.4 Å². The Morgan fingerprint density at radius 1 is 1.04 bits per heavy atom. The zero-order valence-electron chi connectivity index (χ0n) is 22.7. The summed E-state index contributed by atoms with van der Waals surface area (Å²) in [4.78, 5) is 0. The number of hydrogen-bond donors (Lipinski definition) is 0. The zero-order chi connectivity index (χ0) is 24.5. The van der Waals surface area contributed by atoms with Crippen molar-refractivity contribution in [1.29, 1.82) is 0 Å². The molecule has 0 saturated carbocycles. The van der Waals surface area contributed by atoms with Crippen molar-refractivity contribution in [2.24, 2.45) is 12.5 Å². The smallest absolute Gasteiger partial charge is 0.201 e. The summed E-state index contributed by atoms with van der Waals surface area (Å²) in [7, 11) is 1.84. The number of fused-ring (bicyclic) bond motifs is 3. The zero-order valence-corrected chi connectivity index (χ0v) is 17.7. The molecule has 1 heterocycles. The van der Waals surface area contributed by atoms with Crippen molar-refractivity contribution >= 4 is 0 Å². The van der Waals surface area contributed by atoms with Crippen molar-refractivity contribution < 1.29 is 11.4 Å². The predicted octanol–water partition coefficient (Wildman–Crippen LogP) is 6.26. The van der Waals surface area contributed by atoms with E-state index in [1.54, 1.807) is 12.3 Å².